The first kappa shape index (κ1) is 26.2. The maximum Gasteiger partial charge on any atom is 0.0640 e. The number of hydrogen-bond donors (Lipinski definition) is 0. The molecule has 45 heavy (non-hydrogen) atoms. The molecular formula is C43H31NS. The molecule has 0 spiro atoms. The number of rotatable bonds is 4. The fraction of sp³-hybridized carbons (Fsp3) is 0.0698. The van der Waals surface area contributed by atoms with Crippen LogP contribution in [0.4, 0.5) is 17.1 Å². The van der Waals surface area contributed by atoms with Crippen LogP contribution in [0.15, 0.2) is 152 Å². The number of anilines is 3. The van der Waals surface area contributed by atoms with E-state index in [1.807, 2.05) is 11.3 Å². The average molecular weight is 594 g/mol. The highest BCUT2D eigenvalue weighted by molar-refractivity contribution is 7.26. The van der Waals surface area contributed by atoms with E-state index in [0.29, 0.717) is 0 Å². The standard InChI is InChI=1S/C43H31NS/c1-43(2)38-17-9-8-15-34(38)36-27-41-37(26-39(36)43)35-16-10-18-40(42(35)45-41)44(32-13-4-3-5-14-32)33-23-21-29(22-24-33)31-20-19-28-11-6-7-12-30(28)25-31/h3-27H,1-2H3. The van der Waals surface area contributed by atoms with Crippen molar-refractivity contribution in [3.05, 3.63) is 163 Å². The number of benzene rings is 7. The van der Waals surface area contributed by atoms with Gasteiger partial charge in [0.1, 0.15) is 0 Å². The molecule has 214 valence electrons. The van der Waals surface area contributed by atoms with E-state index < -0.39 is 0 Å². The first-order chi connectivity index (χ1) is 22.1. The van der Waals surface area contributed by atoms with E-state index in [1.165, 1.54) is 70.0 Å². The molecule has 8 aromatic rings. The summed E-state index contributed by atoms with van der Waals surface area (Å²) in [4.78, 5) is 2.41. The second-order valence-corrected chi connectivity index (χ2v) is 13.7. The Morgan fingerprint density at radius 3 is 2.04 bits per heavy atom. The van der Waals surface area contributed by atoms with Crippen molar-refractivity contribution < 1.29 is 0 Å². The molecule has 0 N–H and O–H groups in total. The summed E-state index contributed by atoms with van der Waals surface area (Å²) in [5, 5.41) is 5.19. The molecule has 0 fully saturated rings. The number of hydrogen-bond acceptors (Lipinski definition) is 2. The van der Waals surface area contributed by atoms with Crippen LogP contribution in [0.1, 0.15) is 25.0 Å². The summed E-state index contributed by atoms with van der Waals surface area (Å²) in [6, 6.07) is 55.7. The fourth-order valence-corrected chi connectivity index (χ4v) is 8.56. The van der Waals surface area contributed by atoms with E-state index in [0.717, 1.165) is 11.4 Å². The lowest BCUT2D eigenvalue weighted by Gasteiger charge is -2.26. The van der Waals surface area contributed by atoms with Gasteiger partial charge < -0.3 is 4.90 Å². The summed E-state index contributed by atoms with van der Waals surface area (Å²) in [6.45, 7) is 4.73. The molecule has 0 saturated carbocycles. The van der Waals surface area contributed by atoms with Gasteiger partial charge in [-0.1, -0.05) is 117 Å². The summed E-state index contributed by atoms with van der Waals surface area (Å²) < 4.78 is 2.65. The van der Waals surface area contributed by atoms with Gasteiger partial charge in [0.15, 0.2) is 0 Å². The zero-order chi connectivity index (χ0) is 30.1. The lowest BCUT2D eigenvalue weighted by Crippen LogP contribution is -2.14. The summed E-state index contributed by atoms with van der Waals surface area (Å²) >= 11 is 1.91. The van der Waals surface area contributed by atoms with Gasteiger partial charge in [-0.3, -0.25) is 0 Å². The molecular weight excluding hydrogens is 563 g/mol. The SMILES string of the molecule is CC1(C)c2ccccc2-c2cc3sc4c(N(c5ccccc5)c5ccc(-c6ccc7ccccc7c6)cc5)cccc4c3cc21. The molecule has 7 aromatic carbocycles. The van der Waals surface area contributed by atoms with Gasteiger partial charge in [0.2, 0.25) is 0 Å². The van der Waals surface area contributed by atoms with Gasteiger partial charge in [0.05, 0.1) is 10.4 Å². The molecule has 9 rings (SSSR count). The van der Waals surface area contributed by atoms with Crippen LogP contribution in [-0.4, -0.2) is 0 Å². The van der Waals surface area contributed by atoms with Crippen LogP contribution in [0.2, 0.25) is 0 Å². The Balaban J connectivity index is 1.20. The first-order valence-electron chi connectivity index (χ1n) is 15.6. The molecule has 1 nitrogen and oxygen atoms in total. The number of fused-ring (bicyclic) bond motifs is 7. The summed E-state index contributed by atoms with van der Waals surface area (Å²) in [7, 11) is 0. The smallest absolute Gasteiger partial charge is 0.0640 e. The Morgan fingerprint density at radius 1 is 0.489 bits per heavy atom. The number of nitrogens with zero attached hydrogens (tertiary/aromatic N) is 1. The number of thiophene rings is 1. The van der Waals surface area contributed by atoms with Crippen LogP contribution in [0.5, 0.6) is 0 Å². The van der Waals surface area contributed by atoms with Crippen molar-refractivity contribution >= 4 is 59.3 Å². The Morgan fingerprint density at radius 2 is 1.20 bits per heavy atom. The van der Waals surface area contributed by atoms with Gasteiger partial charge in [-0.15, -0.1) is 11.3 Å². The lowest BCUT2D eigenvalue weighted by molar-refractivity contribution is 0.661. The van der Waals surface area contributed by atoms with E-state index in [9.17, 15) is 0 Å². The highest BCUT2D eigenvalue weighted by atomic mass is 32.1. The molecule has 1 heterocycles. The van der Waals surface area contributed by atoms with Gasteiger partial charge in [-0.2, -0.15) is 0 Å². The molecule has 1 aromatic heterocycles. The van der Waals surface area contributed by atoms with Crippen LogP contribution in [0, 0.1) is 0 Å². The van der Waals surface area contributed by atoms with Crippen LogP contribution in [0.3, 0.4) is 0 Å². The van der Waals surface area contributed by atoms with Crippen LogP contribution in [-0.2, 0) is 5.41 Å². The monoisotopic (exact) mass is 593 g/mol. The zero-order valence-corrected chi connectivity index (χ0v) is 26.1. The molecule has 0 saturated heterocycles. The predicted molar refractivity (Wildman–Crippen MR) is 195 cm³/mol. The maximum absolute atomic E-state index is 2.47. The fourth-order valence-electron chi connectivity index (χ4n) is 7.33. The zero-order valence-electron chi connectivity index (χ0n) is 25.3. The molecule has 0 unspecified atom stereocenters. The van der Waals surface area contributed by atoms with Gasteiger partial charge in [0, 0.05) is 32.3 Å². The van der Waals surface area contributed by atoms with Gasteiger partial charge in [0.25, 0.3) is 0 Å². The van der Waals surface area contributed by atoms with Crippen LogP contribution in [0.25, 0.3) is 53.2 Å². The van der Waals surface area contributed by atoms with Crippen molar-refractivity contribution in [2.45, 2.75) is 19.3 Å². The van der Waals surface area contributed by atoms with Gasteiger partial charge >= 0.3 is 0 Å². The topological polar surface area (TPSA) is 3.24 Å². The third-order valence-electron chi connectivity index (χ3n) is 9.64. The highest BCUT2D eigenvalue weighted by Crippen LogP contribution is 2.52. The van der Waals surface area contributed by atoms with Crippen molar-refractivity contribution in [1.29, 1.82) is 0 Å². The van der Waals surface area contributed by atoms with Crippen molar-refractivity contribution in [1.82, 2.24) is 0 Å². The molecule has 0 atom stereocenters. The minimum Gasteiger partial charge on any atom is -0.309 e. The van der Waals surface area contributed by atoms with Crippen LogP contribution < -0.4 is 4.90 Å². The molecule has 0 amide bonds. The first-order valence-corrected chi connectivity index (χ1v) is 16.4. The summed E-state index contributed by atoms with van der Waals surface area (Å²) in [5.41, 5.74) is 11.5. The largest absolute Gasteiger partial charge is 0.309 e. The molecule has 0 aliphatic heterocycles. The Bertz CT molecular complexity index is 2400. The van der Waals surface area contributed by atoms with E-state index >= 15 is 0 Å². The van der Waals surface area contributed by atoms with Crippen molar-refractivity contribution in [2.75, 3.05) is 4.90 Å². The molecule has 0 radical (unpaired) electrons. The summed E-state index contributed by atoms with van der Waals surface area (Å²) in [6.07, 6.45) is 0. The molecule has 2 heteroatoms. The van der Waals surface area contributed by atoms with E-state index in [1.54, 1.807) is 0 Å². The van der Waals surface area contributed by atoms with Crippen LogP contribution >= 0.6 is 11.3 Å². The van der Waals surface area contributed by atoms with Crippen molar-refractivity contribution in [3.63, 3.8) is 0 Å². The average Bonchev–Trinajstić information content (AvgIpc) is 3.57. The van der Waals surface area contributed by atoms with Gasteiger partial charge in [-0.25, -0.2) is 0 Å². The quantitative estimate of drug-likeness (QED) is 0.196. The second-order valence-electron chi connectivity index (χ2n) is 12.6. The highest BCUT2D eigenvalue weighted by Gasteiger charge is 2.35. The van der Waals surface area contributed by atoms with Crippen molar-refractivity contribution in [2.24, 2.45) is 0 Å². The van der Waals surface area contributed by atoms with E-state index in [-0.39, 0.29) is 5.41 Å². The van der Waals surface area contributed by atoms with Gasteiger partial charge in [-0.05, 0) is 92.7 Å². The lowest BCUT2D eigenvalue weighted by atomic mass is 9.82. The third-order valence-corrected chi connectivity index (χ3v) is 10.8. The normalized spacial score (nSPS) is 13.3. The molecule has 0 bridgehead atoms. The van der Waals surface area contributed by atoms with Crippen molar-refractivity contribution in [3.8, 4) is 22.3 Å². The summed E-state index contributed by atoms with van der Waals surface area (Å²) in [5.74, 6) is 0. The molecule has 1 aliphatic carbocycles. The van der Waals surface area contributed by atoms with E-state index in [4.69, 9.17) is 0 Å². The second kappa shape index (κ2) is 9.92. The molecule has 1 aliphatic rings. The minimum atomic E-state index is -0.0190. The Labute approximate surface area is 267 Å². The maximum atomic E-state index is 2.47. The third kappa shape index (κ3) is 4.06. The number of para-hydroxylation sites is 1. The Kier molecular flexibility index (Phi) is 5.78. The Hall–Kier alpha value is -5.18. The minimum absolute atomic E-state index is 0.0190. The predicted octanol–water partition coefficient (Wildman–Crippen LogP) is 12.7. The van der Waals surface area contributed by atoms with E-state index in [2.05, 4.69) is 170 Å².